The molecule has 0 amide bonds. The summed E-state index contributed by atoms with van der Waals surface area (Å²) in [7, 11) is 0. The second-order valence-corrected chi connectivity index (χ2v) is 6.73. The van der Waals surface area contributed by atoms with Crippen LogP contribution in [0.4, 0.5) is 0 Å². The Balaban J connectivity index is 2.11. The number of rotatable bonds is 3. The lowest BCUT2D eigenvalue weighted by Crippen LogP contribution is -2.18. The lowest BCUT2D eigenvalue weighted by molar-refractivity contribution is 0.731. The van der Waals surface area contributed by atoms with Crippen LogP contribution in [0.1, 0.15) is 6.92 Å². The van der Waals surface area contributed by atoms with Crippen molar-refractivity contribution in [3.8, 4) is 16.9 Å². The molecule has 6 heteroatoms. The van der Waals surface area contributed by atoms with E-state index in [-0.39, 0.29) is 5.56 Å². The zero-order valence-corrected chi connectivity index (χ0v) is 15.5. The summed E-state index contributed by atoms with van der Waals surface area (Å²) in [6.07, 6.45) is 1.79. The van der Waals surface area contributed by atoms with Crippen molar-refractivity contribution in [1.29, 1.82) is 0 Å². The first-order valence-corrected chi connectivity index (χ1v) is 8.98. The molecule has 4 nitrogen and oxygen atoms in total. The average Bonchev–Trinajstić information content (AvgIpc) is 3.03. The maximum Gasteiger partial charge on any atom is 0.278 e. The van der Waals surface area contributed by atoms with Crippen molar-refractivity contribution in [2.75, 3.05) is 0 Å². The van der Waals surface area contributed by atoms with Gasteiger partial charge in [-0.25, -0.2) is 4.68 Å². The third-order valence-corrected chi connectivity index (χ3v) is 4.92. The summed E-state index contributed by atoms with van der Waals surface area (Å²) in [6, 6.07) is 16.8. The predicted molar refractivity (Wildman–Crippen MR) is 106 cm³/mol. The number of aromatic nitrogens is 3. The summed E-state index contributed by atoms with van der Waals surface area (Å²) in [5.74, 6) is 0. The van der Waals surface area contributed by atoms with Gasteiger partial charge in [-0.15, -0.1) is 0 Å². The van der Waals surface area contributed by atoms with Crippen LogP contribution in [0.25, 0.3) is 27.8 Å². The molecule has 2 aromatic heterocycles. The van der Waals surface area contributed by atoms with Crippen molar-refractivity contribution in [2.45, 2.75) is 13.5 Å². The van der Waals surface area contributed by atoms with E-state index >= 15 is 0 Å². The van der Waals surface area contributed by atoms with Crippen LogP contribution in [-0.2, 0) is 6.54 Å². The normalized spacial score (nSPS) is 11.2. The highest BCUT2D eigenvalue weighted by molar-refractivity contribution is 6.32. The van der Waals surface area contributed by atoms with Crippen molar-refractivity contribution >= 4 is 34.1 Å². The van der Waals surface area contributed by atoms with E-state index in [0.717, 1.165) is 22.3 Å². The Kier molecular flexibility index (Phi) is 4.31. The van der Waals surface area contributed by atoms with Gasteiger partial charge < -0.3 is 4.57 Å². The molecule has 0 radical (unpaired) electrons. The van der Waals surface area contributed by atoms with Crippen LogP contribution < -0.4 is 5.56 Å². The molecular formula is C20H15Cl2N3O. The Hall–Kier alpha value is -2.56. The summed E-state index contributed by atoms with van der Waals surface area (Å²) in [5, 5.41) is 6.61. The maximum atomic E-state index is 12.8. The van der Waals surface area contributed by atoms with E-state index in [1.807, 2.05) is 55.5 Å². The largest absolute Gasteiger partial charge is 0.314 e. The van der Waals surface area contributed by atoms with E-state index in [9.17, 15) is 4.79 Å². The molecule has 2 heterocycles. The molecule has 0 bridgehead atoms. The molecular weight excluding hydrogens is 369 g/mol. The SMILES string of the molecule is CCn1ccc2c(-c3ccc(Cl)cc3)n(-c3ccccc3Cl)nc2c1=O. The molecule has 0 saturated carbocycles. The van der Waals surface area contributed by atoms with E-state index < -0.39 is 0 Å². The number of aryl methyl sites for hydroxylation is 1. The fourth-order valence-electron chi connectivity index (χ4n) is 3.05. The van der Waals surface area contributed by atoms with Crippen LogP contribution in [0.5, 0.6) is 0 Å². The van der Waals surface area contributed by atoms with Crippen LogP contribution in [0.15, 0.2) is 65.6 Å². The molecule has 0 unspecified atom stereocenters. The molecule has 0 aliphatic carbocycles. The van der Waals surface area contributed by atoms with Crippen molar-refractivity contribution in [3.05, 3.63) is 81.2 Å². The quantitative estimate of drug-likeness (QED) is 0.488. The smallest absolute Gasteiger partial charge is 0.278 e. The Morgan fingerprint density at radius 2 is 1.73 bits per heavy atom. The molecule has 0 N–H and O–H groups in total. The molecule has 4 rings (SSSR count). The third-order valence-electron chi connectivity index (χ3n) is 4.35. The molecule has 130 valence electrons. The van der Waals surface area contributed by atoms with Crippen LogP contribution in [0.2, 0.25) is 10.0 Å². The summed E-state index contributed by atoms with van der Waals surface area (Å²) in [5.41, 5.74) is 2.73. The van der Waals surface area contributed by atoms with Crippen LogP contribution >= 0.6 is 23.2 Å². The number of hydrogen-bond acceptors (Lipinski definition) is 2. The van der Waals surface area contributed by atoms with E-state index in [1.165, 1.54) is 0 Å². The number of hydrogen-bond donors (Lipinski definition) is 0. The lowest BCUT2D eigenvalue weighted by Gasteiger charge is -2.10. The third kappa shape index (κ3) is 2.71. The van der Waals surface area contributed by atoms with E-state index in [4.69, 9.17) is 23.2 Å². The zero-order valence-electron chi connectivity index (χ0n) is 14.0. The highest BCUT2D eigenvalue weighted by Gasteiger charge is 2.19. The van der Waals surface area contributed by atoms with Gasteiger partial charge in [-0.1, -0.05) is 47.5 Å². The van der Waals surface area contributed by atoms with Crippen molar-refractivity contribution in [2.24, 2.45) is 0 Å². The van der Waals surface area contributed by atoms with Gasteiger partial charge in [0.1, 0.15) is 0 Å². The fourth-order valence-corrected chi connectivity index (χ4v) is 3.39. The monoisotopic (exact) mass is 383 g/mol. The van der Waals surface area contributed by atoms with Crippen LogP contribution in [0, 0.1) is 0 Å². The first-order valence-electron chi connectivity index (χ1n) is 8.23. The van der Waals surface area contributed by atoms with Crippen LogP contribution in [0.3, 0.4) is 0 Å². The maximum absolute atomic E-state index is 12.8. The molecule has 0 aliphatic rings. The first-order chi connectivity index (χ1) is 12.6. The van der Waals surface area contributed by atoms with Crippen molar-refractivity contribution in [1.82, 2.24) is 14.3 Å². The molecule has 0 aliphatic heterocycles. The fraction of sp³-hybridized carbons (Fsp3) is 0.100. The Bertz CT molecular complexity index is 1160. The molecule has 2 aromatic carbocycles. The van der Waals surface area contributed by atoms with Gasteiger partial charge in [0, 0.05) is 28.7 Å². The van der Waals surface area contributed by atoms with Gasteiger partial charge in [-0.2, -0.15) is 5.10 Å². The highest BCUT2D eigenvalue weighted by Crippen LogP contribution is 2.32. The zero-order chi connectivity index (χ0) is 18.3. The Morgan fingerprint density at radius 3 is 2.42 bits per heavy atom. The van der Waals surface area contributed by atoms with Gasteiger partial charge in [0.05, 0.1) is 16.4 Å². The Labute approximate surface area is 160 Å². The second-order valence-electron chi connectivity index (χ2n) is 5.89. The minimum absolute atomic E-state index is 0.119. The molecule has 0 atom stereocenters. The standard InChI is InChI=1S/C20H15Cl2N3O/c1-2-24-12-11-15-18(20(24)26)23-25(17-6-4-3-5-16(17)22)19(15)13-7-9-14(21)10-8-13/h3-12H,2H2,1H3. The number of halogens is 2. The van der Waals surface area contributed by atoms with Gasteiger partial charge in [-0.3, -0.25) is 4.79 Å². The minimum Gasteiger partial charge on any atom is -0.314 e. The molecule has 0 saturated heterocycles. The summed E-state index contributed by atoms with van der Waals surface area (Å²) < 4.78 is 3.37. The van der Waals surface area contributed by atoms with E-state index in [0.29, 0.717) is 22.1 Å². The first kappa shape index (κ1) is 16.9. The molecule has 4 aromatic rings. The number of nitrogens with zero attached hydrogens (tertiary/aromatic N) is 3. The number of para-hydroxylation sites is 1. The van der Waals surface area contributed by atoms with E-state index in [2.05, 4.69) is 5.10 Å². The van der Waals surface area contributed by atoms with Gasteiger partial charge in [0.25, 0.3) is 5.56 Å². The minimum atomic E-state index is -0.119. The topological polar surface area (TPSA) is 39.8 Å². The van der Waals surface area contributed by atoms with Crippen molar-refractivity contribution in [3.63, 3.8) is 0 Å². The number of benzene rings is 2. The highest BCUT2D eigenvalue weighted by atomic mass is 35.5. The van der Waals surface area contributed by atoms with Gasteiger partial charge in [-0.05, 0) is 37.3 Å². The second kappa shape index (κ2) is 6.63. The summed E-state index contributed by atoms with van der Waals surface area (Å²) in [4.78, 5) is 12.8. The predicted octanol–water partition coefficient (Wildman–Crippen LogP) is 5.18. The number of pyridine rings is 1. The van der Waals surface area contributed by atoms with Gasteiger partial charge in [0.15, 0.2) is 5.52 Å². The summed E-state index contributed by atoms with van der Waals surface area (Å²) >= 11 is 12.4. The molecule has 0 spiro atoms. The van der Waals surface area contributed by atoms with Gasteiger partial charge in [0.2, 0.25) is 0 Å². The average molecular weight is 384 g/mol. The van der Waals surface area contributed by atoms with Crippen LogP contribution in [-0.4, -0.2) is 14.3 Å². The molecule has 26 heavy (non-hydrogen) atoms. The van der Waals surface area contributed by atoms with Gasteiger partial charge >= 0.3 is 0 Å². The van der Waals surface area contributed by atoms with E-state index in [1.54, 1.807) is 21.5 Å². The molecule has 0 fully saturated rings. The van der Waals surface area contributed by atoms with Crippen molar-refractivity contribution < 1.29 is 0 Å². The lowest BCUT2D eigenvalue weighted by atomic mass is 10.1. The Morgan fingerprint density at radius 1 is 1.00 bits per heavy atom. The number of fused-ring (bicyclic) bond motifs is 1. The summed E-state index contributed by atoms with van der Waals surface area (Å²) in [6.45, 7) is 2.52.